The highest BCUT2D eigenvalue weighted by Crippen LogP contribution is 2.05. The molecule has 6 heteroatoms. The largest absolute Gasteiger partial charge is 0.339 e. The normalized spacial score (nSPS) is 11.3. The summed E-state index contributed by atoms with van der Waals surface area (Å²) in [7, 11) is 0. The molecule has 2 aromatic carbocycles. The van der Waals surface area contributed by atoms with Crippen molar-refractivity contribution < 1.29 is 14.8 Å². The van der Waals surface area contributed by atoms with Crippen LogP contribution in [-0.4, -0.2) is 35.7 Å². The summed E-state index contributed by atoms with van der Waals surface area (Å²) in [5.41, 5.74) is 3.67. The predicted molar refractivity (Wildman–Crippen MR) is 103 cm³/mol. The Kier molecular flexibility index (Phi) is 7.56. The third-order valence-electron chi connectivity index (χ3n) is 3.73. The van der Waals surface area contributed by atoms with Crippen molar-refractivity contribution in [2.75, 3.05) is 6.54 Å². The first kappa shape index (κ1) is 20.2. The highest BCUT2D eigenvalue weighted by Gasteiger charge is 2.21. The van der Waals surface area contributed by atoms with E-state index in [2.05, 4.69) is 22.5 Å². The zero-order chi connectivity index (χ0) is 19.6. The maximum atomic E-state index is 12.4. The molecule has 0 aliphatic rings. The smallest absolute Gasteiger partial charge is 0.267 e. The first-order valence-corrected chi connectivity index (χ1v) is 8.65. The van der Waals surface area contributed by atoms with E-state index in [-0.39, 0.29) is 12.6 Å². The second-order valence-corrected chi connectivity index (χ2v) is 6.26. The van der Waals surface area contributed by atoms with Gasteiger partial charge in [0.05, 0.1) is 0 Å². The molecule has 2 amide bonds. The number of hydrogen-bond acceptors (Lipinski definition) is 4. The average Bonchev–Trinajstić information content (AvgIpc) is 2.69. The molecule has 0 aliphatic heterocycles. The van der Waals surface area contributed by atoms with Crippen LogP contribution in [0.1, 0.15) is 35.3 Å². The van der Waals surface area contributed by atoms with E-state index in [0.29, 0.717) is 5.56 Å². The Labute approximate surface area is 158 Å². The molecule has 6 nitrogen and oxygen atoms in total. The maximum absolute atomic E-state index is 12.4. The minimum absolute atomic E-state index is 0.137. The van der Waals surface area contributed by atoms with Crippen LogP contribution in [0.2, 0.25) is 0 Å². The van der Waals surface area contributed by atoms with E-state index in [0.717, 1.165) is 11.1 Å². The number of carbonyl (C=O) groups excluding carboxylic acids is 2. The summed E-state index contributed by atoms with van der Waals surface area (Å²) < 4.78 is 0. The number of benzene rings is 2. The molecule has 4 N–H and O–H groups in total. The lowest BCUT2D eigenvalue weighted by Crippen LogP contribution is -2.52. The molecule has 27 heavy (non-hydrogen) atoms. The van der Waals surface area contributed by atoms with Crippen LogP contribution >= 0.6 is 0 Å². The SMILES string of the molecule is CC(C)NC[C@H](NC(=O)c1ccc(C#Cc2ccccc2)cc1)C(=O)NO. The second kappa shape index (κ2) is 10.1. The first-order valence-electron chi connectivity index (χ1n) is 8.65. The van der Waals surface area contributed by atoms with Crippen LogP contribution in [0.15, 0.2) is 54.6 Å². The second-order valence-electron chi connectivity index (χ2n) is 6.26. The molecule has 1 atom stereocenters. The summed E-state index contributed by atoms with van der Waals surface area (Å²) in [6.07, 6.45) is 0. The molecule has 0 unspecified atom stereocenters. The minimum Gasteiger partial charge on any atom is -0.339 e. The van der Waals surface area contributed by atoms with Gasteiger partial charge in [-0.3, -0.25) is 14.8 Å². The maximum Gasteiger partial charge on any atom is 0.267 e. The van der Waals surface area contributed by atoms with Crippen LogP contribution in [0, 0.1) is 11.8 Å². The highest BCUT2D eigenvalue weighted by atomic mass is 16.5. The van der Waals surface area contributed by atoms with Gasteiger partial charge in [-0.2, -0.15) is 0 Å². The van der Waals surface area contributed by atoms with Gasteiger partial charge in [-0.05, 0) is 36.4 Å². The van der Waals surface area contributed by atoms with Crippen molar-refractivity contribution in [2.24, 2.45) is 0 Å². The van der Waals surface area contributed by atoms with Crippen LogP contribution in [-0.2, 0) is 4.79 Å². The molecule has 0 saturated heterocycles. The summed E-state index contributed by atoms with van der Waals surface area (Å²) in [6, 6.07) is 15.7. The summed E-state index contributed by atoms with van der Waals surface area (Å²) in [6.45, 7) is 4.05. The molecule has 0 radical (unpaired) electrons. The third-order valence-corrected chi connectivity index (χ3v) is 3.73. The van der Waals surface area contributed by atoms with Gasteiger partial charge in [0.1, 0.15) is 6.04 Å². The Bertz CT molecular complexity index is 821. The molecule has 0 heterocycles. The number of hydroxylamine groups is 1. The van der Waals surface area contributed by atoms with Gasteiger partial charge >= 0.3 is 0 Å². The molecule has 0 spiro atoms. The summed E-state index contributed by atoms with van der Waals surface area (Å²) in [5, 5.41) is 14.5. The monoisotopic (exact) mass is 365 g/mol. The number of rotatable bonds is 6. The van der Waals surface area contributed by atoms with Gasteiger partial charge in [0.25, 0.3) is 11.8 Å². The van der Waals surface area contributed by atoms with Crippen molar-refractivity contribution in [1.29, 1.82) is 0 Å². The van der Waals surface area contributed by atoms with Crippen LogP contribution in [0.5, 0.6) is 0 Å². The zero-order valence-corrected chi connectivity index (χ0v) is 15.3. The fourth-order valence-electron chi connectivity index (χ4n) is 2.25. The fraction of sp³-hybridized carbons (Fsp3) is 0.238. The fourth-order valence-corrected chi connectivity index (χ4v) is 2.25. The lowest BCUT2D eigenvalue weighted by Gasteiger charge is -2.19. The predicted octanol–water partition coefficient (Wildman–Crippen LogP) is 1.69. The molecule has 0 fully saturated rings. The van der Waals surface area contributed by atoms with E-state index >= 15 is 0 Å². The Hall–Kier alpha value is -3.14. The molecule has 2 aromatic rings. The van der Waals surface area contributed by atoms with Gasteiger partial charge in [-0.25, -0.2) is 5.48 Å². The summed E-state index contributed by atoms with van der Waals surface area (Å²) in [4.78, 5) is 24.1. The molecule has 2 rings (SSSR count). The molecular weight excluding hydrogens is 342 g/mol. The van der Waals surface area contributed by atoms with Crippen LogP contribution < -0.4 is 16.1 Å². The Balaban J connectivity index is 2.03. The third kappa shape index (κ3) is 6.59. The van der Waals surface area contributed by atoms with Gasteiger partial charge in [-0.1, -0.05) is 43.9 Å². The molecule has 0 saturated carbocycles. The first-order chi connectivity index (χ1) is 13.0. The lowest BCUT2D eigenvalue weighted by atomic mass is 10.1. The highest BCUT2D eigenvalue weighted by molar-refractivity contribution is 5.97. The molecule has 140 valence electrons. The number of amides is 2. The Morgan fingerprint density at radius 3 is 2.11 bits per heavy atom. The van der Waals surface area contributed by atoms with Gasteiger partial charge in [-0.15, -0.1) is 0 Å². The van der Waals surface area contributed by atoms with Crippen LogP contribution in [0.25, 0.3) is 0 Å². The van der Waals surface area contributed by atoms with Gasteiger partial charge < -0.3 is 10.6 Å². The topological polar surface area (TPSA) is 90.5 Å². The van der Waals surface area contributed by atoms with E-state index in [9.17, 15) is 9.59 Å². The van der Waals surface area contributed by atoms with Crippen molar-refractivity contribution in [3.8, 4) is 11.8 Å². The van der Waals surface area contributed by atoms with E-state index in [1.54, 1.807) is 29.7 Å². The van der Waals surface area contributed by atoms with E-state index in [1.807, 2.05) is 44.2 Å². The van der Waals surface area contributed by atoms with E-state index < -0.39 is 17.9 Å². The van der Waals surface area contributed by atoms with Gasteiger partial charge in [0, 0.05) is 29.3 Å². The van der Waals surface area contributed by atoms with E-state index in [1.165, 1.54) is 0 Å². The summed E-state index contributed by atoms with van der Waals surface area (Å²) in [5.74, 6) is 5.01. The van der Waals surface area contributed by atoms with Crippen molar-refractivity contribution in [3.63, 3.8) is 0 Å². The van der Waals surface area contributed by atoms with Crippen molar-refractivity contribution in [3.05, 3.63) is 71.3 Å². The Morgan fingerprint density at radius 1 is 0.963 bits per heavy atom. The summed E-state index contributed by atoms with van der Waals surface area (Å²) >= 11 is 0. The van der Waals surface area contributed by atoms with Crippen molar-refractivity contribution in [2.45, 2.75) is 25.9 Å². The molecule has 0 bridgehead atoms. The number of nitrogens with one attached hydrogen (secondary N) is 3. The molecule has 0 aromatic heterocycles. The number of carbonyl (C=O) groups is 2. The lowest BCUT2D eigenvalue weighted by molar-refractivity contribution is -0.131. The van der Waals surface area contributed by atoms with Gasteiger partial charge in [0.15, 0.2) is 0 Å². The van der Waals surface area contributed by atoms with E-state index in [4.69, 9.17) is 5.21 Å². The Morgan fingerprint density at radius 2 is 1.56 bits per heavy atom. The van der Waals surface area contributed by atoms with Gasteiger partial charge in [0.2, 0.25) is 0 Å². The minimum atomic E-state index is -0.887. The van der Waals surface area contributed by atoms with Crippen molar-refractivity contribution >= 4 is 11.8 Å². The molecular formula is C21H23N3O3. The quantitative estimate of drug-likeness (QED) is 0.356. The van der Waals surface area contributed by atoms with Crippen LogP contribution in [0.3, 0.4) is 0 Å². The van der Waals surface area contributed by atoms with Crippen molar-refractivity contribution in [1.82, 2.24) is 16.1 Å². The average molecular weight is 365 g/mol. The zero-order valence-electron chi connectivity index (χ0n) is 15.3. The standard InChI is InChI=1S/C21H23N3O3/c1-15(2)22-14-19(21(26)24-27)23-20(25)18-12-10-17(11-13-18)9-8-16-6-4-3-5-7-16/h3-7,10-13,15,19,22,27H,14H2,1-2H3,(H,23,25)(H,24,26)/t19-/m0/s1. The number of hydrogen-bond donors (Lipinski definition) is 4. The molecule has 0 aliphatic carbocycles. The van der Waals surface area contributed by atoms with Crippen LogP contribution in [0.4, 0.5) is 0 Å².